The van der Waals surface area contributed by atoms with Gasteiger partial charge in [0.05, 0.1) is 6.26 Å². The van der Waals surface area contributed by atoms with Crippen molar-refractivity contribution in [2.24, 2.45) is 0 Å². The Labute approximate surface area is 97.8 Å². The van der Waals surface area contributed by atoms with Gasteiger partial charge in [0.15, 0.2) is 0 Å². The van der Waals surface area contributed by atoms with Crippen LogP contribution in [0.25, 0.3) is 0 Å². The molecule has 1 N–H and O–H groups in total. The second-order valence-electron chi connectivity index (χ2n) is 5.33. The molecular formula is C13H22N2O. The molecule has 3 aliphatic rings. The molecule has 0 bridgehead atoms. The van der Waals surface area contributed by atoms with Crippen LogP contribution in [-0.2, 0) is 4.74 Å². The van der Waals surface area contributed by atoms with Crippen LogP contribution < -0.4 is 5.32 Å². The van der Waals surface area contributed by atoms with Crippen LogP contribution in [0.2, 0.25) is 0 Å². The maximum atomic E-state index is 5.57. The molecule has 2 unspecified atom stereocenters. The van der Waals surface area contributed by atoms with E-state index in [9.17, 15) is 0 Å². The van der Waals surface area contributed by atoms with E-state index < -0.39 is 0 Å². The van der Waals surface area contributed by atoms with Gasteiger partial charge in [0.2, 0.25) is 0 Å². The highest BCUT2D eigenvalue weighted by atomic mass is 16.5. The fourth-order valence-electron chi connectivity index (χ4n) is 2.76. The summed E-state index contributed by atoms with van der Waals surface area (Å²) in [5.74, 6) is 0. The lowest BCUT2D eigenvalue weighted by molar-refractivity contribution is 0.119. The number of ether oxygens (including phenoxy) is 1. The van der Waals surface area contributed by atoms with E-state index in [1.54, 1.807) is 0 Å². The van der Waals surface area contributed by atoms with Crippen LogP contribution in [0.15, 0.2) is 12.3 Å². The normalized spacial score (nSPS) is 35.2. The molecule has 0 amide bonds. The Kier molecular flexibility index (Phi) is 3.15. The third-order valence-electron chi connectivity index (χ3n) is 3.94. The number of rotatable bonds is 4. The fourth-order valence-corrected chi connectivity index (χ4v) is 2.76. The Morgan fingerprint density at radius 1 is 1.25 bits per heavy atom. The molecule has 1 saturated carbocycles. The average molecular weight is 222 g/mol. The van der Waals surface area contributed by atoms with Crippen molar-refractivity contribution in [3.05, 3.63) is 12.3 Å². The Morgan fingerprint density at radius 3 is 2.94 bits per heavy atom. The zero-order chi connectivity index (χ0) is 10.8. The first-order valence-electron chi connectivity index (χ1n) is 6.70. The predicted octanol–water partition coefficient (Wildman–Crippen LogP) is 1.51. The van der Waals surface area contributed by atoms with Gasteiger partial charge in [-0.05, 0) is 38.2 Å². The van der Waals surface area contributed by atoms with Crippen molar-refractivity contribution in [3.63, 3.8) is 0 Å². The molecule has 2 fully saturated rings. The lowest BCUT2D eigenvalue weighted by atomic mass is 10.1. The maximum absolute atomic E-state index is 5.57. The summed E-state index contributed by atoms with van der Waals surface area (Å²) in [6, 6.07) is 1.63. The molecule has 90 valence electrons. The molecule has 2 aliphatic heterocycles. The van der Waals surface area contributed by atoms with Gasteiger partial charge in [0.1, 0.15) is 6.10 Å². The minimum atomic E-state index is 0.403. The summed E-state index contributed by atoms with van der Waals surface area (Å²) in [6.45, 7) is 3.58. The van der Waals surface area contributed by atoms with Gasteiger partial charge < -0.3 is 10.1 Å². The highest BCUT2D eigenvalue weighted by Crippen LogP contribution is 2.29. The van der Waals surface area contributed by atoms with Crippen molar-refractivity contribution in [3.8, 4) is 0 Å². The van der Waals surface area contributed by atoms with Crippen LogP contribution in [0.3, 0.4) is 0 Å². The standard InChI is InChI=1S/C13H22N2O/c1-2-8-16-13(3-1)9-14-11-6-7-15(10-11)12-4-5-12/h2,8,11-14H,1,3-7,9-10H2. The summed E-state index contributed by atoms with van der Waals surface area (Å²) < 4.78 is 5.57. The number of likely N-dealkylation sites (tertiary alicyclic amines) is 1. The quantitative estimate of drug-likeness (QED) is 0.780. The molecule has 2 atom stereocenters. The molecule has 0 aromatic carbocycles. The van der Waals surface area contributed by atoms with Gasteiger partial charge in [0, 0.05) is 31.7 Å². The molecule has 3 rings (SSSR count). The van der Waals surface area contributed by atoms with Crippen molar-refractivity contribution < 1.29 is 4.74 Å². The molecule has 16 heavy (non-hydrogen) atoms. The van der Waals surface area contributed by atoms with Gasteiger partial charge in [-0.3, -0.25) is 4.90 Å². The highest BCUT2D eigenvalue weighted by Gasteiger charge is 2.34. The van der Waals surface area contributed by atoms with E-state index >= 15 is 0 Å². The smallest absolute Gasteiger partial charge is 0.110 e. The number of nitrogens with zero attached hydrogens (tertiary/aromatic N) is 1. The van der Waals surface area contributed by atoms with Crippen molar-refractivity contribution in [2.75, 3.05) is 19.6 Å². The first-order chi connectivity index (χ1) is 7.92. The van der Waals surface area contributed by atoms with Gasteiger partial charge in [-0.15, -0.1) is 0 Å². The zero-order valence-corrected chi connectivity index (χ0v) is 9.90. The summed E-state index contributed by atoms with van der Waals surface area (Å²) >= 11 is 0. The van der Waals surface area contributed by atoms with Crippen LogP contribution >= 0.6 is 0 Å². The topological polar surface area (TPSA) is 24.5 Å². The van der Waals surface area contributed by atoms with Crippen LogP contribution in [-0.4, -0.2) is 42.7 Å². The van der Waals surface area contributed by atoms with Crippen LogP contribution in [0.5, 0.6) is 0 Å². The Balaban J connectivity index is 1.37. The van der Waals surface area contributed by atoms with Crippen molar-refractivity contribution >= 4 is 0 Å². The van der Waals surface area contributed by atoms with Gasteiger partial charge in [-0.2, -0.15) is 0 Å². The van der Waals surface area contributed by atoms with Crippen LogP contribution in [0.4, 0.5) is 0 Å². The van der Waals surface area contributed by atoms with E-state index in [0.29, 0.717) is 12.1 Å². The third-order valence-corrected chi connectivity index (χ3v) is 3.94. The van der Waals surface area contributed by atoms with Crippen molar-refractivity contribution in [2.45, 2.75) is 50.3 Å². The minimum Gasteiger partial charge on any atom is -0.497 e. The number of hydrogen-bond donors (Lipinski definition) is 1. The molecular weight excluding hydrogens is 200 g/mol. The summed E-state index contributed by atoms with van der Waals surface area (Å²) in [5.41, 5.74) is 0. The van der Waals surface area contributed by atoms with E-state index in [4.69, 9.17) is 4.74 Å². The number of hydrogen-bond acceptors (Lipinski definition) is 3. The van der Waals surface area contributed by atoms with Gasteiger partial charge in [0.25, 0.3) is 0 Å². The Bertz CT molecular complexity index is 263. The molecule has 3 heteroatoms. The Morgan fingerprint density at radius 2 is 2.19 bits per heavy atom. The molecule has 3 nitrogen and oxygen atoms in total. The van der Waals surface area contributed by atoms with E-state index in [2.05, 4.69) is 16.3 Å². The summed E-state index contributed by atoms with van der Waals surface area (Å²) in [4.78, 5) is 2.65. The molecule has 0 aromatic rings. The first kappa shape index (κ1) is 10.6. The summed E-state index contributed by atoms with van der Waals surface area (Å²) in [6.07, 6.45) is 10.9. The molecule has 0 radical (unpaired) electrons. The minimum absolute atomic E-state index is 0.403. The Hall–Kier alpha value is -0.540. The van der Waals surface area contributed by atoms with Gasteiger partial charge >= 0.3 is 0 Å². The monoisotopic (exact) mass is 222 g/mol. The van der Waals surface area contributed by atoms with Crippen molar-refractivity contribution in [1.82, 2.24) is 10.2 Å². The molecule has 0 spiro atoms. The second-order valence-corrected chi connectivity index (χ2v) is 5.33. The van der Waals surface area contributed by atoms with E-state index in [1.807, 2.05) is 6.26 Å². The lowest BCUT2D eigenvalue weighted by Crippen LogP contribution is -2.38. The van der Waals surface area contributed by atoms with E-state index in [-0.39, 0.29) is 0 Å². The third kappa shape index (κ3) is 2.58. The largest absolute Gasteiger partial charge is 0.497 e. The SMILES string of the molecule is C1=COC(CNC2CCN(C3CC3)C2)CC1. The molecule has 1 saturated heterocycles. The van der Waals surface area contributed by atoms with Gasteiger partial charge in [-0.1, -0.05) is 0 Å². The highest BCUT2D eigenvalue weighted by molar-refractivity contribution is 4.92. The molecule has 2 heterocycles. The molecule has 1 aliphatic carbocycles. The van der Waals surface area contributed by atoms with Crippen LogP contribution in [0.1, 0.15) is 32.1 Å². The zero-order valence-electron chi connectivity index (χ0n) is 9.90. The summed E-state index contributed by atoms with van der Waals surface area (Å²) in [7, 11) is 0. The number of nitrogens with one attached hydrogen (secondary N) is 1. The average Bonchev–Trinajstić information content (AvgIpc) is 3.08. The fraction of sp³-hybridized carbons (Fsp3) is 0.846. The second kappa shape index (κ2) is 4.76. The summed E-state index contributed by atoms with van der Waals surface area (Å²) in [5, 5.41) is 3.66. The number of allylic oxidation sites excluding steroid dienone is 1. The molecule has 0 aromatic heterocycles. The van der Waals surface area contributed by atoms with Gasteiger partial charge in [-0.25, -0.2) is 0 Å². The van der Waals surface area contributed by atoms with E-state index in [1.165, 1.54) is 45.2 Å². The first-order valence-corrected chi connectivity index (χ1v) is 6.70. The van der Waals surface area contributed by atoms with Crippen LogP contribution in [0, 0.1) is 0 Å². The van der Waals surface area contributed by atoms with E-state index in [0.717, 1.165) is 12.6 Å². The maximum Gasteiger partial charge on any atom is 0.110 e. The van der Waals surface area contributed by atoms with Crippen molar-refractivity contribution in [1.29, 1.82) is 0 Å². The lowest BCUT2D eigenvalue weighted by Gasteiger charge is -2.22. The predicted molar refractivity (Wildman–Crippen MR) is 64.2 cm³/mol.